The summed E-state index contributed by atoms with van der Waals surface area (Å²) in [5.74, 6) is -0.713. The average molecular weight is 358 g/mol. The minimum Gasteiger partial charge on any atom is -0.491 e. The number of anilines is 1. The average Bonchev–Trinajstić information content (AvgIpc) is 2.42. The van der Waals surface area contributed by atoms with Crippen molar-refractivity contribution in [2.24, 2.45) is 0 Å². The van der Waals surface area contributed by atoms with Crippen molar-refractivity contribution in [3.63, 3.8) is 0 Å². The first-order chi connectivity index (χ1) is 10.0. The second-order valence-electron chi connectivity index (χ2n) is 4.46. The van der Waals surface area contributed by atoms with Gasteiger partial charge in [-0.2, -0.15) is 0 Å². The van der Waals surface area contributed by atoms with Gasteiger partial charge in [0.2, 0.25) is 0 Å². The standard InChI is InChI=1S/C15H14BrF2NO2/c16-10-2-1-3-15(4-10)21-9-14(20)8-19-13-6-11(17)5-12(18)7-13/h1-7,14,19-20H,8-9H2. The summed E-state index contributed by atoms with van der Waals surface area (Å²) in [4.78, 5) is 0. The zero-order chi connectivity index (χ0) is 15.2. The van der Waals surface area contributed by atoms with E-state index in [9.17, 15) is 13.9 Å². The molecule has 0 heterocycles. The molecule has 0 aliphatic heterocycles. The monoisotopic (exact) mass is 357 g/mol. The van der Waals surface area contributed by atoms with E-state index in [4.69, 9.17) is 4.74 Å². The summed E-state index contributed by atoms with van der Waals surface area (Å²) in [5, 5.41) is 12.5. The molecular formula is C15H14BrF2NO2. The van der Waals surface area contributed by atoms with Gasteiger partial charge in [0.1, 0.15) is 30.1 Å². The molecule has 1 atom stereocenters. The smallest absolute Gasteiger partial charge is 0.128 e. The minimum absolute atomic E-state index is 0.0707. The van der Waals surface area contributed by atoms with Gasteiger partial charge >= 0.3 is 0 Å². The second-order valence-corrected chi connectivity index (χ2v) is 5.38. The molecule has 0 spiro atoms. The lowest BCUT2D eigenvalue weighted by molar-refractivity contribution is 0.117. The fraction of sp³-hybridized carbons (Fsp3) is 0.200. The van der Waals surface area contributed by atoms with Gasteiger partial charge in [0.05, 0.1) is 0 Å². The van der Waals surface area contributed by atoms with E-state index in [1.54, 1.807) is 12.1 Å². The van der Waals surface area contributed by atoms with Crippen molar-refractivity contribution in [1.82, 2.24) is 0 Å². The van der Waals surface area contributed by atoms with E-state index in [1.807, 2.05) is 12.1 Å². The molecule has 0 bridgehead atoms. The minimum atomic E-state index is -0.810. The molecule has 2 N–H and O–H groups in total. The van der Waals surface area contributed by atoms with Crippen molar-refractivity contribution in [2.45, 2.75) is 6.10 Å². The molecule has 0 amide bonds. The third kappa shape index (κ3) is 5.32. The molecule has 21 heavy (non-hydrogen) atoms. The van der Waals surface area contributed by atoms with Crippen LogP contribution in [0.5, 0.6) is 5.75 Å². The van der Waals surface area contributed by atoms with E-state index in [2.05, 4.69) is 21.2 Å². The number of aliphatic hydroxyl groups is 1. The van der Waals surface area contributed by atoms with Crippen LogP contribution in [0.4, 0.5) is 14.5 Å². The zero-order valence-electron chi connectivity index (χ0n) is 11.0. The molecule has 0 saturated carbocycles. The van der Waals surface area contributed by atoms with E-state index >= 15 is 0 Å². The molecule has 0 aromatic heterocycles. The lowest BCUT2D eigenvalue weighted by atomic mass is 10.3. The van der Waals surface area contributed by atoms with Gasteiger partial charge in [-0.25, -0.2) is 8.78 Å². The van der Waals surface area contributed by atoms with Crippen molar-refractivity contribution in [1.29, 1.82) is 0 Å². The molecule has 2 rings (SSSR count). The summed E-state index contributed by atoms with van der Waals surface area (Å²) in [5.41, 5.74) is 0.272. The number of halogens is 3. The van der Waals surface area contributed by atoms with Gasteiger partial charge in [0, 0.05) is 22.8 Å². The van der Waals surface area contributed by atoms with Crippen molar-refractivity contribution >= 4 is 21.6 Å². The quantitative estimate of drug-likeness (QED) is 0.830. The summed E-state index contributed by atoms with van der Waals surface area (Å²) in [6.07, 6.45) is -0.810. The highest BCUT2D eigenvalue weighted by atomic mass is 79.9. The SMILES string of the molecule is OC(CNc1cc(F)cc(F)c1)COc1cccc(Br)c1. The summed E-state index contributed by atoms with van der Waals surface area (Å²) in [6, 6.07) is 10.3. The second kappa shape index (κ2) is 7.38. The number of hydrogen-bond acceptors (Lipinski definition) is 3. The number of hydrogen-bond donors (Lipinski definition) is 2. The maximum absolute atomic E-state index is 13.0. The Balaban J connectivity index is 1.80. The fourth-order valence-corrected chi connectivity index (χ4v) is 2.08. The van der Waals surface area contributed by atoms with Crippen LogP contribution in [-0.2, 0) is 0 Å². The summed E-state index contributed by atoms with van der Waals surface area (Å²) in [7, 11) is 0. The third-order valence-corrected chi connectivity index (χ3v) is 3.14. The molecule has 0 radical (unpaired) electrons. The fourth-order valence-electron chi connectivity index (χ4n) is 1.70. The molecule has 0 aliphatic carbocycles. The Morgan fingerprint density at radius 2 is 1.86 bits per heavy atom. The Morgan fingerprint density at radius 3 is 2.52 bits per heavy atom. The van der Waals surface area contributed by atoms with Crippen LogP contribution < -0.4 is 10.1 Å². The number of nitrogens with one attached hydrogen (secondary N) is 1. The van der Waals surface area contributed by atoms with Gasteiger partial charge in [-0.3, -0.25) is 0 Å². The largest absolute Gasteiger partial charge is 0.491 e. The maximum atomic E-state index is 13.0. The summed E-state index contributed by atoms with van der Waals surface area (Å²) in [6.45, 7) is 0.193. The molecule has 112 valence electrons. The first-order valence-electron chi connectivity index (χ1n) is 6.29. The molecule has 0 saturated heterocycles. The maximum Gasteiger partial charge on any atom is 0.128 e. The predicted octanol–water partition coefficient (Wildman–Crippen LogP) is 3.58. The highest BCUT2D eigenvalue weighted by molar-refractivity contribution is 9.10. The lowest BCUT2D eigenvalue weighted by Gasteiger charge is -2.14. The Labute approximate surface area is 129 Å². The Bertz CT molecular complexity index is 590. The normalized spacial score (nSPS) is 12.0. The van der Waals surface area contributed by atoms with E-state index in [-0.39, 0.29) is 18.8 Å². The van der Waals surface area contributed by atoms with Crippen LogP contribution in [0.25, 0.3) is 0 Å². The Kier molecular flexibility index (Phi) is 5.52. The van der Waals surface area contributed by atoms with Crippen LogP contribution in [0.3, 0.4) is 0 Å². The summed E-state index contributed by atoms with van der Waals surface area (Å²) >= 11 is 3.32. The van der Waals surface area contributed by atoms with Gasteiger partial charge < -0.3 is 15.2 Å². The zero-order valence-corrected chi connectivity index (χ0v) is 12.6. The number of aliphatic hydroxyl groups excluding tert-OH is 1. The molecule has 0 aliphatic rings. The third-order valence-electron chi connectivity index (χ3n) is 2.64. The van der Waals surface area contributed by atoms with E-state index < -0.39 is 17.7 Å². The van der Waals surface area contributed by atoms with Crippen molar-refractivity contribution in [2.75, 3.05) is 18.5 Å². The van der Waals surface area contributed by atoms with Crippen LogP contribution in [0.2, 0.25) is 0 Å². The van der Waals surface area contributed by atoms with Crippen molar-refractivity contribution in [3.05, 3.63) is 58.6 Å². The van der Waals surface area contributed by atoms with Crippen LogP contribution in [0.15, 0.2) is 46.9 Å². The van der Waals surface area contributed by atoms with Crippen LogP contribution >= 0.6 is 15.9 Å². The van der Waals surface area contributed by atoms with Gasteiger partial charge in [-0.1, -0.05) is 22.0 Å². The lowest BCUT2D eigenvalue weighted by Crippen LogP contribution is -2.26. The predicted molar refractivity (Wildman–Crippen MR) is 80.5 cm³/mol. The molecule has 0 fully saturated rings. The van der Waals surface area contributed by atoms with Crippen LogP contribution in [0, 0.1) is 11.6 Å². The molecule has 3 nitrogen and oxygen atoms in total. The topological polar surface area (TPSA) is 41.5 Å². The van der Waals surface area contributed by atoms with Gasteiger partial charge in [0.25, 0.3) is 0 Å². The van der Waals surface area contributed by atoms with Gasteiger partial charge in [-0.05, 0) is 30.3 Å². The molecule has 2 aromatic rings. The molecule has 6 heteroatoms. The Hall–Kier alpha value is -1.66. The highest BCUT2D eigenvalue weighted by Gasteiger charge is 2.07. The van der Waals surface area contributed by atoms with E-state index in [0.717, 1.165) is 22.7 Å². The number of rotatable bonds is 6. The number of ether oxygens (including phenoxy) is 1. The Morgan fingerprint density at radius 1 is 1.14 bits per heavy atom. The highest BCUT2D eigenvalue weighted by Crippen LogP contribution is 2.18. The van der Waals surface area contributed by atoms with Gasteiger partial charge in [-0.15, -0.1) is 0 Å². The number of benzene rings is 2. The van der Waals surface area contributed by atoms with E-state index in [0.29, 0.717) is 5.75 Å². The van der Waals surface area contributed by atoms with Gasteiger partial charge in [0.15, 0.2) is 0 Å². The van der Waals surface area contributed by atoms with Crippen LogP contribution in [0.1, 0.15) is 0 Å². The molecular weight excluding hydrogens is 344 g/mol. The van der Waals surface area contributed by atoms with Crippen LogP contribution in [-0.4, -0.2) is 24.4 Å². The summed E-state index contributed by atoms with van der Waals surface area (Å²) < 4.78 is 32.3. The van der Waals surface area contributed by atoms with Crippen molar-refractivity contribution in [3.8, 4) is 5.75 Å². The van der Waals surface area contributed by atoms with Crippen molar-refractivity contribution < 1.29 is 18.6 Å². The first-order valence-corrected chi connectivity index (χ1v) is 7.08. The first kappa shape index (κ1) is 15.7. The molecule has 2 aromatic carbocycles. The molecule has 1 unspecified atom stereocenters. The van der Waals surface area contributed by atoms with E-state index in [1.165, 1.54) is 0 Å².